The van der Waals surface area contributed by atoms with E-state index in [2.05, 4.69) is 15.1 Å². The number of fused-ring (bicyclic) bond motifs is 2. The van der Waals surface area contributed by atoms with E-state index in [1.54, 1.807) is 12.3 Å². The molecular formula is C23H20F2N4O2. The van der Waals surface area contributed by atoms with Crippen molar-refractivity contribution in [2.75, 3.05) is 18.1 Å². The normalized spacial score (nSPS) is 13.5. The summed E-state index contributed by atoms with van der Waals surface area (Å²) in [7, 11) is 0. The molecule has 6 nitrogen and oxygen atoms in total. The lowest BCUT2D eigenvalue weighted by Crippen LogP contribution is -2.38. The van der Waals surface area contributed by atoms with Crippen LogP contribution in [-0.4, -0.2) is 34.3 Å². The molecule has 0 unspecified atom stereocenters. The number of benzene rings is 2. The van der Waals surface area contributed by atoms with E-state index in [9.17, 15) is 8.78 Å². The molecule has 31 heavy (non-hydrogen) atoms. The molecule has 2 aromatic heterocycles. The molecule has 4 aromatic rings. The zero-order valence-corrected chi connectivity index (χ0v) is 17.1. The van der Waals surface area contributed by atoms with Crippen molar-refractivity contribution in [3.63, 3.8) is 0 Å². The van der Waals surface area contributed by atoms with Gasteiger partial charge < -0.3 is 14.2 Å². The summed E-state index contributed by atoms with van der Waals surface area (Å²) in [6.45, 7) is 5.09. The Hall–Kier alpha value is -3.55. The average molecular weight is 422 g/mol. The lowest BCUT2D eigenvalue weighted by molar-refractivity contribution is 0.287. The molecule has 3 heterocycles. The highest BCUT2D eigenvalue weighted by Crippen LogP contribution is 2.39. The molecule has 1 aliphatic rings. The largest absolute Gasteiger partial charge is 0.486 e. The van der Waals surface area contributed by atoms with E-state index in [0.717, 1.165) is 17.1 Å². The molecular weight excluding hydrogens is 402 g/mol. The molecule has 0 aliphatic carbocycles. The smallest absolute Gasteiger partial charge is 0.178 e. The molecule has 2 aromatic carbocycles. The van der Waals surface area contributed by atoms with Gasteiger partial charge in [-0.1, -0.05) is 11.2 Å². The lowest BCUT2D eigenvalue weighted by Gasteiger charge is -2.34. The second-order valence-corrected chi connectivity index (χ2v) is 7.80. The Bertz CT molecular complexity index is 1270. The van der Waals surface area contributed by atoms with Crippen LogP contribution >= 0.6 is 0 Å². The van der Waals surface area contributed by atoms with Crippen LogP contribution < -0.4 is 9.64 Å². The van der Waals surface area contributed by atoms with E-state index < -0.39 is 11.6 Å². The van der Waals surface area contributed by atoms with Crippen molar-refractivity contribution >= 4 is 16.7 Å². The van der Waals surface area contributed by atoms with Gasteiger partial charge in [0.2, 0.25) is 0 Å². The highest BCUT2D eigenvalue weighted by atomic mass is 19.1. The summed E-state index contributed by atoms with van der Waals surface area (Å²) in [5, 5.41) is 4.64. The van der Waals surface area contributed by atoms with Crippen molar-refractivity contribution in [1.82, 2.24) is 15.1 Å². The van der Waals surface area contributed by atoms with Gasteiger partial charge in [-0.25, -0.2) is 18.7 Å². The third-order valence-electron chi connectivity index (χ3n) is 5.38. The minimum Gasteiger partial charge on any atom is -0.486 e. The van der Waals surface area contributed by atoms with E-state index in [0.29, 0.717) is 42.2 Å². The monoisotopic (exact) mass is 422 g/mol. The van der Waals surface area contributed by atoms with Crippen LogP contribution in [0.3, 0.4) is 0 Å². The second-order valence-electron chi connectivity index (χ2n) is 7.80. The molecule has 8 heteroatoms. The molecule has 0 bridgehead atoms. The second kappa shape index (κ2) is 7.61. The van der Waals surface area contributed by atoms with Crippen molar-refractivity contribution in [3.05, 3.63) is 65.7 Å². The molecule has 0 saturated carbocycles. The maximum atomic E-state index is 14.8. The number of hydrogen-bond donors (Lipinski definition) is 0. The molecule has 1 aliphatic heterocycles. The predicted molar refractivity (Wildman–Crippen MR) is 112 cm³/mol. The van der Waals surface area contributed by atoms with Gasteiger partial charge in [-0.3, -0.25) is 0 Å². The molecule has 0 radical (unpaired) electrons. The van der Waals surface area contributed by atoms with Crippen molar-refractivity contribution in [3.8, 4) is 17.0 Å². The molecule has 158 valence electrons. The first-order valence-electron chi connectivity index (χ1n) is 10.1. The Labute approximate surface area is 177 Å². The van der Waals surface area contributed by atoms with Crippen LogP contribution in [-0.2, 0) is 6.42 Å². The van der Waals surface area contributed by atoms with E-state index in [4.69, 9.17) is 9.26 Å². The summed E-state index contributed by atoms with van der Waals surface area (Å²) < 4.78 is 40.1. The summed E-state index contributed by atoms with van der Waals surface area (Å²) >= 11 is 0. The number of rotatable bonds is 4. The quantitative estimate of drug-likeness (QED) is 0.473. The highest BCUT2D eigenvalue weighted by Gasteiger charge is 2.25. The molecule has 5 rings (SSSR count). The number of nitrogens with zero attached hydrogens (tertiary/aromatic N) is 4. The van der Waals surface area contributed by atoms with Gasteiger partial charge in [-0.05, 0) is 43.7 Å². The van der Waals surface area contributed by atoms with Crippen molar-refractivity contribution in [2.24, 2.45) is 0 Å². The number of hydrogen-bond acceptors (Lipinski definition) is 6. The minimum absolute atomic E-state index is 0.0621. The number of anilines is 1. The first-order chi connectivity index (χ1) is 15.0. The maximum absolute atomic E-state index is 14.8. The topological polar surface area (TPSA) is 64.3 Å². The van der Waals surface area contributed by atoms with E-state index in [-0.39, 0.29) is 17.5 Å². The van der Waals surface area contributed by atoms with Gasteiger partial charge >= 0.3 is 0 Å². The van der Waals surface area contributed by atoms with Gasteiger partial charge in [0.1, 0.15) is 18.1 Å². The third kappa shape index (κ3) is 3.58. The Morgan fingerprint density at radius 1 is 1.10 bits per heavy atom. The van der Waals surface area contributed by atoms with Gasteiger partial charge in [0.05, 0.1) is 24.6 Å². The van der Waals surface area contributed by atoms with Gasteiger partial charge in [0.25, 0.3) is 0 Å². The van der Waals surface area contributed by atoms with Crippen LogP contribution in [0.4, 0.5) is 14.5 Å². The average Bonchev–Trinajstić information content (AvgIpc) is 3.22. The maximum Gasteiger partial charge on any atom is 0.178 e. The Kier molecular flexibility index (Phi) is 4.77. The first kappa shape index (κ1) is 19.4. The van der Waals surface area contributed by atoms with Gasteiger partial charge in [0.15, 0.2) is 23.0 Å². The Morgan fingerprint density at radius 2 is 1.97 bits per heavy atom. The zero-order valence-electron chi connectivity index (χ0n) is 17.1. The molecule has 0 amide bonds. The first-order valence-corrected chi connectivity index (χ1v) is 10.1. The van der Waals surface area contributed by atoms with E-state index in [1.165, 1.54) is 6.07 Å². The minimum atomic E-state index is -0.606. The van der Waals surface area contributed by atoms with Crippen LogP contribution in [0.15, 0.2) is 47.2 Å². The number of halogens is 2. The zero-order chi connectivity index (χ0) is 21.5. The number of aromatic nitrogens is 3. The molecule has 0 spiro atoms. The summed E-state index contributed by atoms with van der Waals surface area (Å²) in [6.07, 6.45) is 3.15. The third-order valence-corrected chi connectivity index (χ3v) is 5.38. The summed E-state index contributed by atoms with van der Waals surface area (Å²) in [6, 6.07) is 8.78. The number of ether oxygens (including phenoxy) is 1. The predicted octanol–water partition coefficient (Wildman–Crippen LogP) is 4.76. The molecule has 0 atom stereocenters. The molecule has 0 fully saturated rings. The van der Waals surface area contributed by atoms with Gasteiger partial charge in [0, 0.05) is 23.4 Å². The fraction of sp³-hybridized carbons (Fsp3) is 0.261. The molecule has 0 saturated heterocycles. The molecule has 0 N–H and O–H groups in total. The van der Waals surface area contributed by atoms with E-state index in [1.807, 2.05) is 36.9 Å². The standard InChI is InChI=1S/C23H20F2N4O2/c1-13(2)29-5-6-30-23-17(24)9-15(10-19(23)29)22-18(25)12-26-21(28-22)8-14-3-4-20-16(7-14)11-27-31-20/h3-4,7,9-13H,5-6,8H2,1-2H3. The van der Waals surface area contributed by atoms with Crippen LogP contribution in [0.2, 0.25) is 0 Å². The Morgan fingerprint density at radius 3 is 2.81 bits per heavy atom. The highest BCUT2D eigenvalue weighted by molar-refractivity contribution is 5.76. The fourth-order valence-corrected chi connectivity index (χ4v) is 3.88. The van der Waals surface area contributed by atoms with Crippen LogP contribution in [0.25, 0.3) is 22.2 Å². The van der Waals surface area contributed by atoms with E-state index >= 15 is 0 Å². The lowest BCUT2D eigenvalue weighted by atomic mass is 10.1. The summed E-state index contributed by atoms with van der Waals surface area (Å²) in [5.74, 6) is -0.511. The summed E-state index contributed by atoms with van der Waals surface area (Å²) in [5.41, 5.74) is 2.64. The van der Waals surface area contributed by atoms with Gasteiger partial charge in [-0.2, -0.15) is 0 Å². The van der Waals surface area contributed by atoms with Crippen molar-refractivity contribution in [1.29, 1.82) is 0 Å². The fourth-order valence-electron chi connectivity index (χ4n) is 3.88. The SMILES string of the molecule is CC(C)N1CCOc2c(F)cc(-c3nc(Cc4ccc5oncc5c4)ncc3F)cc21. The van der Waals surface area contributed by atoms with Crippen molar-refractivity contribution in [2.45, 2.75) is 26.3 Å². The Balaban J connectivity index is 1.53. The van der Waals surface area contributed by atoms with Crippen LogP contribution in [0.1, 0.15) is 25.2 Å². The summed E-state index contributed by atoms with van der Waals surface area (Å²) in [4.78, 5) is 10.6. The van der Waals surface area contributed by atoms with Gasteiger partial charge in [-0.15, -0.1) is 0 Å². The van der Waals surface area contributed by atoms with Crippen LogP contribution in [0, 0.1) is 11.6 Å². The van der Waals surface area contributed by atoms with Crippen LogP contribution in [0.5, 0.6) is 5.75 Å². The van der Waals surface area contributed by atoms with Crippen molar-refractivity contribution < 1.29 is 18.0 Å².